The van der Waals surface area contributed by atoms with Crippen molar-refractivity contribution in [2.75, 3.05) is 14.2 Å². The number of benzene rings is 4. The average molecular weight is 481 g/mol. The number of nitriles is 1. The zero-order valence-electron chi connectivity index (χ0n) is 20.3. The van der Waals surface area contributed by atoms with E-state index in [-0.39, 0.29) is 5.75 Å². The Hall–Kier alpha value is -4.47. The second kappa shape index (κ2) is 11.8. The number of rotatable bonds is 10. The average Bonchev–Trinajstić information content (AvgIpc) is 2.92. The molecular weight excluding hydrogens is 452 g/mol. The number of aromatic hydroxyl groups is 1. The summed E-state index contributed by atoms with van der Waals surface area (Å²) in [5, 5.41) is 22.6. The van der Waals surface area contributed by atoms with Crippen LogP contribution in [0.25, 0.3) is 11.1 Å². The van der Waals surface area contributed by atoms with Crippen molar-refractivity contribution in [3.05, 3.63) is 107 Å². The number of methoxy groups -OCH3 is 2. The van der Waals surface area contributed by atoms with Crippen LogP contribution in [0.1, 0.15) is 22.3 Å². The van der Waals surface area contributed by atoms with Gasteiger partial charge in [-0.25, -0.2) is 0 Å². The molecule has 0 aromatic heterocycles. The molecule has 0 fully saturated rings. The van der Waals surface area contributed by atoms with Gasteiger partial charge < -0.3 is 24.6 Å². The fourth-order valence-corrected chi connectivity index (χ4v) is 4.10. The van der Waals surface area contributed by atoms with E-state index in [1.54, 1.807) is 26.4 Å². The summed E-state index contributed by atoms with van der Waals surface area (Å²) in [6.45, 7) is 1.41. The molecule has 0 aliphatic rings. The summed E-state index contributed by atoms with van der Waals surface area (Å²) in [7, 11) is 3.23. The van der Waals surface area contributed by atoms with E-state index in [9.17, 15) is 10.4 Å². The maximum absolute atomic E-state index is 9.67. The van der Waals surface area contributed by atoms with Gasteiger partial charge >= 0.3 is 0 Å². The molecule has 182 valence electrons. The Balaban J connectivity index is 1.52. The highest BCUT2D eigenvalue weighted by Crippen LogP contribution is 2.35. The normalized spacial score (nSPS) is 10.5. The van der Waals surface area contributed by atoms with E-state index < -0.39 is 0 Å². The molecule has 4 rings (SSSR count). The first-order chi connectivity index (χ1) is 17.6. The van der Waals surface area contributed by atoms with Crippen molar-refractivity contribution in [3.63, 3.8) is 0 Å². The molecule has 36 heavy (non-hydrogen) atoms. The second-order valence-corrected chi connectivity index (χ2v) is 8.18. The summed E-state index contributed by atoms with van der Waals surface area (Å²) in [4.78, 5) is 0. The molecule has 0 aliphatic heterocycles. The first kappa shape index (κ1) is 24.6. The monoisotopic (exact) mass is 480 g/mol. The number of ether oxygens (including phenoxy) is 3. The standard InChI is InChI=1S/C30H28N2O4/c1-34-29-15-25(16-30(35-2)28(29)19-32-18-21-8-7-11-24(33)14-21)36-20-23-10-4-6-13-27(23)26-12-5-3-9-22(26)17-31/h3-16,32-33H,18-20H2,1-2H3. The van der Waals surface area contributed by atoms with E-state index in [4.69, 9.17) is 14.2 Å². The fraction of sp³-hybridized carbons (Fsp3) is 0.167. The predicted octanol–water partition coefficient (Wildman–Crippen LogP) is 5.82. The molecule has 0 aliphatic carbocycles. The third-order valence-electron chi connectivity index (χ3n) is 5.87. The van der Waals surface area contributed by atoms with Gasteiger partial charge in [0.1, 0.15) is 29.6 Å². The quantitative estimate of drug-likeness (QED) is 0.298. The number of hydrogen-bond acceptors (Lipinski definition) is 6. The molecule has 0 bridgehead atoms. The summed E-state index contributed by atoms with van der Waals surface area (Å²) in [6, 6.07) is 28.6. The van der Waals surface area contributed by atoms with Gasteiger partial charge in [0.15, 0.2) is 0 Å². The van der Waals surface area contributed by atoms with E-state index >= 15 is 0 Å². The number of hydrogen-bond donors (Lipinski definition) is 2. The molecule has 0 amide bonds. The van der Waals surface area contributed by atoms with E-state index in [1.165, 1.54) is 0 Å². The third-order valence-corrected chi connectivity index (χ3v) is 5.87. The van der Waals surface area contributed by atoms with Gasteiger partial charge in [0.25, 0.3) is 0 Å². The maximum Gasteiger partial charge on any atom is 0.130 e. The Kier molecular flexibility index (Phi) is 8.07. The Labute approximate surface area is 211 Å². The van der Waals surface area contributed by atoms with Gasteiger partial charge in [0.05, 0.1) is 31.4 Å². The molecule has 0 radical (unpaired) electrons. The van der Waals surface area contributed by atoms with Crippen LogP contribution in [0, 0.1) is 11.3 Å². The van der Waals surface area contributed by atoms with Crippen LogP contribution in [0.5, 0.6) is 23.0 Å². The number of phenols is 1. The molecule has 4 aromatic carbocycles. The van der Waals surface area contributed by atoms with Crippen molar-refractivity contribution in [2.24, 2.45) is 0 Å². The van der Waals surface area contributed by atoms with E-state index in [1.807, 2.05) is 72.8 Å². The smallest absolute Gasteiger partial charge is 0.130 e. The van der Waals surface area contributed by atoms with Gasteiger partial charge in [0, 0.05) is 25.2 Å². The molecular formula is C30H28N2O4. The van der Waals surface area contributed by atoms with Crippen LogP contribution in [-0.4, -0.2) is 19.3 Å². The highest BCUT2D eigenvalue weighted by atomic mass is 16.5. The number of phenolic OH excluding ortho intramolecular Hbond substituents is 1. The molecule has 0 saturated heterocycles. The highest BCUT2D eigenvalue weighted by molar-refractivity contribution is 5.73. The first-order valence-electron chi connectivity index (χ1n) is 11.6. The molecule has 0 heterocycles. The first-order valence-corrected chi connectivity index (χ1v) is 11.6. The van der Waals surface area contributed by atoms with E-state index in [0.717, 1.165) is 27.8 Å². The summed E-state index contributed by atoms with van der Waals surface area (Å²) in [5.74, 6) is 2.15. The zero-order chi connectivity index (χ0) is 25.3. The molecule has 0 spiro atoms. The van der Waals surface area contributed by atoms with Crippen LogP contribution < -0.4 is 19.5 Å². The highest BCUT2D eigenvalue weighted by Gasteiger charge is 2.15. The topological polar surface area (TPSA) is 83.7 Å². The summed E-state index contributed by atoms with van der Waals surface area (Å²) in [5.41, 5.74) is 5.27. The second-order valence-electron chi connectivity index (χ2n) is 8.18. The van der Waals surface area contributed by atoms with Crippen molar-refractivity contribution < 1.29 is 19.3 Å². The summed E-state index contributed by atoms with van der Waals surface area (Å²) < 4.78 is 17.5. The SMILES string of the molecule is COc1cc(OCc2ccccc2-c2ccccc2C#N)cc(OC)c1CNCc1cccc(O)c1. The number of nitrogens with one attached hydrogen (secondary N) is 1. The molecule has 0 unspecified atom stereocenters. The zero-order valence-corrected chi connectivity index (χ0v) is 20.3. The largest absolute Gasteiger partial charge is 0.508 e. The van der Waals surface area contributed by atoms with Crippen molar-refractivity contribution in [3.8, 4) is 40.2 Å². The molecule has 0 atom stereocenters. The van der Waals surface area contributed by atoms with Crippen LogP contribution in [0.3, 0.4) is 0 Å². The van der Waals surface area contributed by atoms with Gasteiger partial charge in [-0.1, -0.05) is 54.6 Å². The Morgan fingerprint density at radius 3 is 2.19 bits per heavy atom. The Bertz CT molecular complexity index is 1350. The third kappa shape index (κ3) is 5.77. The minimum atomic E-state index is 0.239. The van der Waals surface area contributed by atoms with Crippen LogP contribution in [0.15, 0.2) is 84.9 Å². The summed E-state index contributed by atoms with van der Waals surface area (Å²) >= 11 is 0. The van der Waals surface area contributed by atoms with Gasteiger partial charge in [-0.05, 0) is 40.5 Å². The minimum absolute atomic E-state index is 0.239. The molecule has 6 nitrogen and oxygen atoms in total. The van der Waals surface area contributed by atoms with Gasteiger partial charge in [-0.15, -0.1) is 0 Å². The lowest BCUT2D eigenvalue weighted by Gasteiger charge is -2.17. The minimum Gasteiger partial charge on any atom is -0.508 e. The fourth-order valence-electron chi connectivity index (χ4n) is 4.10. The Morgan fingerprint density at radius 1 is 0.806 bits per heavy atom. The van der Waals surface area contributed by atoms with Crippen LogP contribution in [0.2, 0.25) is 0 Å². The van der Waals surface area contributed by atoms with Gasteiger partial charge in [-0.3, -0.25) is 0 Å². The lowest BCUT2D eigenvalue weighted by Crippen LogP contribution is -2.14. The molecule has 0 saturated carbocycles. The van der Waals surface area contributed by atoms with Gasteiger partial charge in [-0.2, -0.15) is 5.26 Å². The van der Waals surface area contributed by atoms with Gasteiger partial charge in [0.2, 0.25) is 0 Å². The van der Waals surface area contributed by atoms with E-state index in [2.05, 4.69) is 11.4 Å². The van der Waals surface area contributed by atoms with Crippen LogP contribution >= 0.6 is 0 Å². The van der Waals surface area contributed by atoms with Crippen molar-refractivity contribution in [2.45, 2.75) is 19.7 Å². The van der Waals surface area contributed by atoms with Crippen LogP contribution in [0.4, 0.5) is 0 Å². The lowest BCUT2D eigenvalue weighted by molar-refractivity contribution is 0.300. The lowest BCUT2D eigenvalue weighted by atomic mass is 9.96. The molecule has 6 heteroatoms. The molecule has 2 N–H and O–H groups in total. The predicted molar refractivity (Wildman–Crippen MR) is 139 cm³/mol. The Morgan fingerprint density at radius 2 is 1.50 bits per heavy atom. The maximum atomic E-state index is 9.67. The molecule has 4 aromatic rings. The van der Waals surface area contributed by atoms with Crippen LogP contribution in [-0.2, 0) is 19.7 Å². The van der Waals surface area contributed by atoms with Crippen molar-refractivity contribution in [1.29, 1.82) is 5.26 Å². The van der Waals surface area contributed by atoms with Crippen molar-refractivity contribution >= 4 is 0 Å². The van der Waals surface area contributed by atoms with Crippen molar-refractivity contribution in [1.82, 2.24) is 5.32 Å². The van der Waals surface area contributed by atoms with E-state index in [0.29, 0.717) is 42.5 Å². The summed E-state index contributed by atoms with van der Waals surface area (Å²) in [6.07, 6.45) is 0. The number of nitrogens with zero attached hydrogens (tertiary/aromatic N) is 1.